The number of rotatable bonds is 7. The fourth-order valence-corrected chi connectivity index (χ4v) is 5.34. The van der Waals surface area contributed by atoms with Crippen molar-refractivity contribution in [3.05, 3.63) is 89.2 Å². The molecule has 3 heterocycles. The number of fused-ring (bicyclic) bond motifs is 1. The topological polar surface area (TPSA) is 101 Å². The van der Waals surface area contributed by atoms with Gasteiger partial charge in [-0.25, -0.2) is 9.78 Å². The van der Waals surface area contributed by atoms with E-state index in [-0.39, 0.29) is 17.7 Å². The van der Waals surface area contributed by atoms with Crippen molar-refractivity contribution in [2.45, 2.75) is 26.4 Å². The lowest BCUT2D eigenvalue weighted by Gasteiger charge is -2.28. The molecule has 1 aliphatic rings. The van der Waals surface area contributed by atoms with Crippen LogP contribution in [0.1, 0.15) is 39.6 Å². The maximum Gasteiger partial charge on any atom is 0.328 e. The van der Waals surface area contributed by atoms with E-state index in [0.29, 0.717) is 28.5 Å². The predicted octanol–water partition coefficient (Wildman–Crippen LogP) is 5.28. The number of anilines is 1. The summed E-state index contributed by atoms with van der Waals surface area (Å²) in [6.07, 6.45) is 3.27. The maximum atomic E-state index is 13.2. The summed E-state index contributed by atoms with van der Waals surface area (Å²) in [6, 6.07) is 18.3. The monoisotopic (exact) mass is 526 g/mol. The molecule has 0 spiro atoms. The van der Waals surface area contributed by atoms with Crippen LogP contribution in [-0.4, -0.2) is 45.8 Å². The summed E-state index contributed by atoms with van der Waals surface area (Å²) in [5.74, 6) is -1.01. The van der Waals surface area contributed by atoms with Gasteiger partial charge in [0.15, 0.2) is 5.01 Å². The predicted molar refractivity (Wildman–Crippen MR) is 146 cm³/mol. The maximum absolute atomic E-state index is 13.2. The van der Waals surface area contributed by atoms with E-state index in [2.05, 4.69) is 15.3 Å². The van der Waals surface area contributed by atoms with E-state index in [0.717, 1.165) is 21.6 Å². The van der Waals surface area contributed by atoms with E-state index in [9.17, 15) is 14.4 Å². The first-order valence-corrected chi connectivity index (χ1v) is 13.0. The second-order valence-electron chi connectivity index (χ2n) is 9.30. The minimum Gasteiger partial charge on any atom is -0.467 e. The highest BCUT2D eigenvalue weighted by Crippen LogP contribution is 2.31. The van der Waals surface area contributed by atoms with Gasteiger partial charge in [0.2, 0.25) is 0 Å². The molecule has 0 aliphatic carbocycles. The van der Waals surface area contributed by atoms with Crippen molar-refractivity contribution in [2.24, 2.45) is 5.92 Å². The number of aromatic nitrogens is 2. The number of methoxy groups -OCH3 is 1. The molecular formula is C29H26N4O4S. The van der Waals surface area contributed by atoms with Gasteiger partial charge < -0.3 is 15.0 Å². The zero-order valence-electron chi connectivity index (χ0n) is 21.2. The fourth-order valence-electron chi connectivity index (χ4n) is 4.53. The van der Waals surface area contributed by atoms with E-state index in [4.69, 9.17) is 4.74 Å². The number of nitrogens with one attached hydrogen (secondary N) is 1. The lowest BCUT2D eigenvalue weighted by atomic mass is 10.0. The van der Waals surface area contributed by atoms with Crippen molar-refractivity contribution in [1.29, 1.82) is 0 Å². The van der Waals surface area contributed by atoms with Gasteiger partial charge in [-0.15, -0.1) is 11.3 Å². The van der Waals surface area contributed by atoms with Crippen LogP contribution in [0.2, 0.25) is 0 Å². The fraction of sp³-hybridized carbons (Fsp3) is 0.207. The van der Waals surface area contributed by atoms with Crippen molar-refractivity contribution in [2.75, 3.05) is 12.4 Å². The Balaban J connectivity index is 1.29. The van der Waals surface area contributed by atoms with Crippen LogP contribution in [0.5, 0.6) is 0 Å². The van der Waals surface area contributed by atoms with Gasteiger partial charge in [-0.05, 0) is 35.2 Å². The molecule has 0 radical (unpaired) electrons. The first-order chi connectivity index (χ1) is 18.4. The Bertz CT molecular complexity index is 1500. The van der Waals surface area contributed by atoms with Gasteiger partial charge in [0, 0.05) is 23.9 Å². The van der Waals surface area contributed by atoms with Crippen molar-refractivity contribution in [3.63, 3.8) is 0 Å². The summed E-state index contributed by atoms with van der Waals surface area (Å²) in [4.78, 5) is 49.5. The van der Waals surface area contributed by atoms with Gasteiger partial charge in [0.1, 0.15) is 6.04 Å². The van der Waals surface area contributed by atoms with Gasteiger partial charge in [-0.1, -0.05) is 56.3 Å². The summed E-state index contributed by atoms with van der Waals surface area (Å²) in [5, 5.41) is 3.20. The minimum atomic E-state index is -0.647. The molecular weight excluding hydrogens is 500 g/mol. The molecule has 1 atom stereocenters. The first kappa shape index (κ1) is 25.3. The first-order valence-electron chi connectivity index (χ1n) is 12.2. The highest BCUT2D eigenvalue weighted by atomic mass is 32.1. The van der Waals surface area contributed by atoms with E-state index < -0.39 is 12.0 Å². The number of nitrogens with zero attached hydrogens (tertiary/aromatic N) is 3. The van der Waals surface area contributed by atoms with Crippen LogP contribution in [-0.2, 0) is 16.1 Å². The number of carbonyl (C=O) groups excluding carboxylic acids is 3. The van der Waals surface area contributed by atoms with Gasteiger partial charge in [0.25, 0.3) is 11.8 Å². The molecule has 0 saturated heterocycles. The van der Waals surface area contributed by atoms with Crippen LogP contribution >= 0.6 is 11.3 Å². The largest absolute Gasteiger partial charge is 0.467 e. The number of esters is 1. The van der Waals surface area contributed by atoms with E-state index in [1.54, 1.807) is 35.5 Å². The van der Waals surface area contributed by atoms with Crippen LogP contribution in [0, 0.1) is 5.92 Å². The van der Waals surface area contributed by atoms with Crippen molar-refractivity contribution in [1.82, 2.24) is 14.9 Å². The number of ether oxygens (including phenoxy) is 1. The Labute approximate surface area is 224 Å². The number of thiazole rings is 1. The van der Waals surface area contributed by atoms with Gasteiger partial charge in [-0.2, -0.15) is 0 Å². The number of hydrogen-bond acceptors (Lipinski definition) is 7. The summed E-state index contributed by atoms with van der Waals surface area (Å²) in [7, 11) is 1.33. The third-order valence-corrected chi connectivity index (χ3v) is 7.47. The number of pyridine rings is 1. The molecule has 1 aliphatic heterocycles. The average molecular weight is 527 g/mol. The molecule has 2 aromatic heterocycles. The van der Waals surface area contributed by atoms with E-state index in [1.165, 1.54) is 18.4 Å². The molecule has 1 N–H and O–H groups in total. The van der Waals surface area contributed by atoms with Crippen LogP contribution in [0.4, 0.5) is 5.69 Å². The Hall–Kier alpha value is -4.37. The molecule has 9 heteroatoms. The highest BCUT2D eigenvalue weighted by molar-refractivity contribution is 7.17. The third kappa shape index (κ3) is 4.92. The summed E-state index contributed by atoms with van der Waals surface area (Å²) in [5.41, 5.74) is 4.38. The molecule has 192 valence electrons. The van der Waals surface area contributed by atoms with E-state index in [1.807, 2.05) is 56.3 Å². The smallest absolute Gasteiger partial charge is 0.328 e. The minimum absolute atomic E-state index is 0.0843. The van der Waals surface area contributed by atoms with Crippen LogP contribution in [0.3, 0.4) is 0 Å². The number of benzene rings is 2. The average Bonchev–Trinajstić information content (AvgIpc) is 3.55. The van der Waals surface area contributed by atoms with Gasteiger partial charge >= 0.3 is 5.97 Å². The summed E-state index contributed by atoms with van der Waals surface area (Å²) in [6.45, 7) is 4.14. The normalized spacial score (nSPS) is 13.4. The number of amides is 2. The van der Waals surface area contributed by atoms with E-state index >= 15 is 0 Å². The Morgan fingerprint density at radius 1 is 1.00 bits per heavy atom. The number of hydrogen-bond donors (Lipinski definition) is 1. The zero-order chi connectivity index (χ0) is 26.8. The SMILES string of the molecule is COC(=O)[C@H](C(C)C)N1Cc2ccc(-c3ccc(NC(=O)c4ncc(-c5ccccc5)s4)cn3)cc2C1=O. The molecule has 4 aromatic rings. The third-order valence-electron chi connectivity index (χ3n) is 6.43. The van der Waals surface area contributed by atoms with Crippen molar-refractivity contribution >= 4 is 34.8 Å². The number of carbonyl (C=O) groups is 3. The van der Waals surface area contributed by atoms with Crippen molar-refractivity contribution in [3.8, 4) is 21.7 Å². The van der Waals surface area contributed by atoms with Gasteiger partial charge in [0.05, 0.1) is 29.6 Å². The molecule has 38 heavy (non-hydrogen) atoms. The Morgan fingerprint density at radius 3 is 2.47 bits per heavy atom. The quantitative estimate of drug-likeness (QED) is 0.329. The second kappa shape index (κ2) is 10.5. The molecule has 8 nitrogen and oxygen atoms in total. The Morgan fingerprint density at radius 2 is 1.79 bits per heavy atom. The molecule has 0 fully saturated rings. The highest BCUT2D eigenvalue weighted by Gasteiger charge is 2.38. The lowest BCUT2D eigenvalue weighted by molar-refractivity contribution is -0.147. The molecule has 2 aromatic carbocycles. The Kier molecular flexibility index (Phi) is 7.02. The summed E-state index contributed by atoms with van der Waals surface area (Å²) >= 11 is 1.32. The molecule has 5 rings (SSSR count). The molecule has 2 amide bonds. The van der Waals surface area contributed by atoms with Crippen LogP contribution in [0.25, 0.3) is 21.7 Å². The van der Waals surface area contributed by atoms with Gasteiger partial charge in [-0.3, -0.25) is 14.6 Å². The van der Waals surface area contributed by atoms with Crippen LogP contribution < -0.4 is 5.32 Å². The van der Waals surface area contributed by atoms with Crippen LogP contribution in [0.15, 0.2) is 73.1 Å². The molecule has 0 bridgehead atoms. The zero-order valence-corrected chi connectivity index (χ0v) is 22.0. The second-order valence-corrected chi connectivity index (χ2v) is 10.3. The molecule has 0 saturated carbocycles. The summed E-state index contributed by atoms with van der Waals surface area (Å²) < 4.78 is 4.94. The standard InChI is InChI=1S/C29H26N4O4S/c1-17(2)25(29(36)37-3)33-16-20-10-9-19(13-22(20)28(33)35)23-12-11-21(14-30-23)32-26(34)27-31-15-24(38-27)18-7-5-4-6-8-18/h4-15,17,25H,16H2,1-3H3,(H,32,34)/t25-/m0/s1. The molecule has 0 unspecified atom stereocenters. The lowest BCUT2D eigenvalue weighted by Crippen LogP contribution is -2.45. The van der Waals surface area contributed by atoms with Crippen molar-refractivity contribution < 1.29 is 19.1 Å².